The third kappa shape index (κ3) is 8.23. The molecule has 11 heteroatoms. The van der Waals surface area contributed by atoms with Crippen molar-refractivity contribution in [3.63, 3.8) is 0 Å². The minimum atomic E-state index is -1.64. The number of benzene rings is 2. The van der Waals surface area contributed by atoms with Gasteiger partial charge < -0.3 is 24.3 Å². The first-order valence-electron chi connectivity index (χ1n) is 17.7. The first-order chi connectivity index (χ1) is 23.8. The van der Waals surface area contributed by atoms with Gasteiger partial charge in [-0.1, -0.05) is 80.0 Å². The van der Waals surface area contributed by atoms with E-state index >= 15 is 0 Å². The van der Waals surface area contributed by atoms with E-state index in [1.54, 1.807) is 4.90 Å². The Balaban J connectivity index is 1.13. The van der Waals surface area contributed by atoms with Crippen LogP contribution in [0.1, 0.15) is 78.6 Å². The van der Waals surface area contributed by atoms with Gasteiger partial charge in [0.15, 0.2) is 0 Å². The van der Waals surface area contributed by atoms with Crippen LogP contribution in [0.5, 0.6) is 0 Å². The van der Waals surface area contributed by atoms with Crippen LogP contribution in [0.15, 0.2) is 60.9 Å². The van der Waals surface area contributed by atoms with Gasteiger partial charge in [0, 0.05) is 6.17 Å². The Hall–Kier alpha value is -4.82. The molecule has 3 heterocycles. The van der Waals surface area contributed by atoms with E-state index in [9.17, 15) is 9.59 Å². The van der Waals surface area contributed by atoms with E-state index in [1.165, 1.54) is 0 Å². The maximum absolute atomic E-state index is 13.2. The van der Waals surface area contributed by atoms with Gasteiger partial charge in [-0.25, -0.2) is 19.6 Å². The summed E-state index contributed by atoms with van der Waals surface area (Å²) in [6, 6.07) is 16.1. The summed E-state index contributed by atoms with van der Waals surface area (Å²) in [5, 5.41) is 0. The van der Waals surface area contributed by atoms with E-state index in [0.717, 1.165) is 51.7 Å². The molecule has 51 heavy (non-hydrogen) atoms. The molecule has 10 nitrogen and oxygen atoms in total. The number of aromatic nitrogens is 4. The first kappa shape index (κ1) is 36.0. The first-order valence-corrected chi connectivity index (χ1v) is 21.4. The highest BCUT2D eigenvalue weighted by Gasteiger charge is 2.49. The Bertz CT molecular complexity index is 1950. The van der Waals surface area contributed by atoms with Crippen LogP contribution in [-0.2, 0) is 9.47 Å². The summed E-state index contributed by atoms with van der Waals surface area (Å²) in [5.41, 5.74) is 4.79. The van der Waals surface area contributed by atoms with E-state index in [4.69, 9.17) is 9.47 Å². The van der Waals surface area contributed by atoms with Crippen LogP contribution < -0.4 is 0 Å². The van der Waals surface area contributed by atoms with E-state index in [2.05, 4.69) is 99.9 Å². The normalized spacial score (nSPS) is 19.0. The van der Waals surface area contributed by atoms with Crippen LogP contribution in [0.4, 0.5) is 9.59 Å². The number of hydrogen-bond donors (Lipinski definition) is 2. The summed E-state index contributed by atoms with van der Waals surface area (Å²) in [4.78, 5) is 46.2. The Morgan fingerprint density at radius 2 is 1.37 bits per heavy atom. The van der Waals surface area contributed by atoms with Crippen molar-refractivity contribution >= 4 is 20.3 Å². The van der Waals surface area contributed by atoms with E-state index in [-0.39, 0.29) is 36.2 Å². The highest BCUT2D eigenvalue weighted by Crippen LogP contribution is 2.43. The average molecular weight is 707 g/mol. The van der Waals surface area contributed by atoms with Crippen LogP contribution in [0.2, 0.25) is 19.6 Å². The highest BCUT2D eigenvalue weighted by atomic mass is 28.3. The second-order valence-corrected chi connectivity index (χ2v) is 22.3. The van der Waals surface area contributed by atoms with Gasteiger partial charge in [0.2, 0.25) is 0 Å². The lowest BCUT2D eigenvalue weighted by molar-refractivity contribution is 0.0165. The second-order valence-electron chi connectivity index (χ2n) is 16.8. The SMILES string of the molecule is CC(c1ncc(-c2ccc(-c3ccc(-c4cnc(C5CC6C#CC6N5C(=O)OC(C)(C)C)[nH]4)cc3)cc2)[nH]1)N(C[Si](C)(C)C)C(=O)OC(C)(C)C. The number of ether oxygens (including phenoxy) is 2. The van der Waals surface area contributed by atoms with Crippen molar-refractivity contribution in [1.29, 1.82) is 0 Å². The second kappa shape index (κ2) is 13.4. The summed E-state index contributed by atoms with van der Waals surface area (Å²) in [5.74, 6) is 7.93. The lowest BCUT2D eigenvalue weighted by Crippen LogP contribution is -2.47. The molecule has 0 spiro atoms. The third-order valence-electron chi connectivity index (χ3n) is 8.88. The van der Waals surface area contributed by atoms with Gasteiger partial charge in [-0.05, 0) is 77.1 Å². The number of amides is 2. The lowest BCUT2D eigenvalue weighted by atomic mass is 9.92. The molecule has 0 bridgehead atoms. The molecule has 6 rings (SSSR count). The van der Waals surface area contributed by atoms with Gasteiger partial charge in [-0.15, -0.1) is 0 Å². The molecule has 2 aliphatic rings. The predicted octanol–water partition coefficient (Wildman–Crippen LogP) is 8.99. The molecule has 1 fully saturated rings. The van der Waals surface area contributed by atoms with Crippen LogP contribution >= 0.6 is 0 Å². The standard InChI is InChI=1S/C40H50N6O4Si/c1-25(45(24-51(8,9)10)37(47)49-39(2,3)4)35-41-22-31(43-35)28-15-11-26(12-16-28)27-13-17-29(18-14-27)32-23-42-36(44-32)34-21-30-19-20-33(30)46(34)38(48)50-40(5,6)7/h11-18,22-23,25,30,33-34H,21,24H2,1-10H3,(H,41,43)(H,42,44). The highest BCUT2D eigenvalue weighted by molar-refractivity contribution is 6.76. The van der Waals surface area contributed by atoms with Crippen molar-refractivity contribution in [3.05, 3.63) is 72.6 Å². The predicted molar refractivity (Wildman–Crippen MR) is 202 cm³/mol. The fraction of sp³-hybridized carbons (Fsp3) is 0.450. The number of imidazole rings is 2. The maximum atomic E-state index is 13.2. The number of carbonyl (C=O) groups is 2. The largest absolute Gasteiger partial charge is 0.444 e. The monoisotopic (exact) mass is 706 g/mol. The van der Waals surface area contributed by atoms with Gasteiger partial charge in [0.1, 0.15) is 28.9 Å². The molecule has 2 amide bonds. The van der Waals surface area contributed by atoms with E-state index in [0.29, 0.717) is 6.17 Å². The zero-order valence-corrected chi connectivity index (χ0v) is 32.4. The topological polar surface area (TPSA) is 116 Å². The summed E-state index contributed by atoms with van der Waals surface area (Å²) in [6.07, 6.45) is 4.38. The molecular weight excluding hydrogens is 657 g/mol. The molecule has 2 aromatic carbocycles. The van der Waals surface area contributed by atoms with Crippen molar-refractivity contribution < 1.29 is 19.1 Å². The zero-order chi connectivity index (χ0) is 36.9. The maximum Gasteiger partial charge on any atom is 0.411 e. The minimum Gasteiger partial charge on any atom is -0.444 e. The number of hydrogen-bond acceptors (Lipinski definition) is 6. The van der Waals surface area contributed by atoms with E-state index < -0.39 is 19.3 Å². The molecule has 2 N–H and O–H groups in total. The average Bonchev–Trinajstić information content (AvgIpc) is 3.76. The fourth-order valence-corrected chi connectivity index (χ4v) is 7.87. The van der Waals surface area contributed by atoms with Crippen LogP contribution in [0, 0.1) is 17.8 Å². The quantitative estimate of drug-likeness (QED) is 0.140. The molecule has 4 atom stereocenters. The molecule has 2 aromatic heterocycles. The number of rotatable bonds is 8. The van der Waals surface area contributed by atoms with Crippen molar-refractivity contribution in [2.75, 3.05) is 6.17 Å². The molecule has 1 saturated heterocycles. The number of nitrogens with one attached hydrogen (secondary N) is 2. The number of fused-ring (bicyclic) bond motifs is 1. The summed E-state index contributed by atoms with van der Waals surface area (Å²) >= 11 is 0. The van der Waals surface area contributed by atoms with Crippen molar-refractivity contribution in [2.45, 2.75) is 104 Å². The fourth-order valence-electron chi connectivity index (χ4n) is 6.45. The molecule has 0 saturated carbocycles. The van der Waals surface area contributed by atoms with Gasteiger partial charge in [0.05, 0.1) is 49.9 Å². The molecular formula is C40H50N6O4Si. The smallest absolute Gasteiger partial charge is 0.411 e. The van der Waals surface area contributed by atoms with Crippen LogP contribution in [0.3, 0.4) is 0 Å². The van der Waals surface area contributed by atoms with Crippen molar-refractivity contribution in [2.24, 2.45) is 5.92 Å². The number of likely N-dealkylation sites (tertiary alicyclic amines) is 1. The summed E-state index contributed by atoms with van der Waals surface area (Å²) in [7, 11) is -1.64. The molecule has 4 aromatic rings. The third-order valence-corrected chi connectivity index (χ3v) is 10.2. The molecule has 4 unspecified atom stereocenters. The van der Waals surface area contributed by atoms with Crippen molar-refractivity contribution in [1.82, 2.24) is 29.7 Å². The summed E-state index contributed by atoms with van der Waals surface area (Å²) < 4.78 is 11.5. The molecule has 1 aliphatic carbocycles. The number of aromatic amines is 2. The summed E-state index contributed by atoms with van der Waals surface area (Å²) in [6.45, 7) is 20.0. The Kier molecular flexibility index (Phi) is 9.44. The van der Waals surface area contributed by atoms with Gasteiger partial charge >= 0.3 is 12.2 Å². The van der Waals surface area contributed by atoms with Crippen molar-refractivity contribution in [3.8, 4) is 45.5 Å². The molecule has 268 valence electrons. The molecule has 1 aliphatic heterocycles. The zero-order valence-electron chi connectivity index (χ0n) is 31.4. The minimum absolute atomic E-state index is 0.128. The van der Waals surface area contributed by atoms with Gasteiger partial charge in [-0.3, -0.25) is 4.90 Å². The van der Waals surface area contributed by atoms with Crippen LogP contribution in [-0.4, -0.2) is 73.4 Å². The molecule has 0 radical (unpaired) electrons. The number of H-pyrrole nitrogens is 2. The van der Waals surface area contributed by atoms with Crippen LogP contribution in [0.25, 0.3) is 33.6 Å². The van der Waals surface area contributed by atoms with Gasteiger partial charge in [0.25, 0.3) is 0 Å². The Labute approximate surface area is 302 Å². The van der Waals surface area contributed by atoms with Gasteiger partial charge in [-0.2, -0.15) is 0 Å². The van der Waals surface area contributed by atoms with E-state index in [1.807, 2.05) is 65.8 Å². The Morgan fingerprint density at radius 1 is 0.843 bits per heavy atom. The Morgan fingerprint density at radius 3 is 1.88 bits per heavy atom. The number of nitrogens with zero attached hydrogens (tertiary/aromatic N) is 4. The number of carbonyl (C=O) groups excluding carboxylic acids is 2. The lowest BCUT2D eigenvalue weighted by Gasteiger charge is -2.34.